The summed E-state index contributed by atoms with van der Waals surface area (Å²) in [5.41, 5.74) is 0.751. The molecule has 0 bridgehead atoms. The van der Waals surface area contributed by atoms with Crippen LogP contribution in [0.3, 0.4) is 0 Å². The highest BCUT2D eigenvalue weighted by Gasteiger charge is 2.33. The fourth-order valence-corrected chi connectivity index (χ4v) is 2.19. The fraction of sp³-hybridized carbons (Fsp3) is 0.667. The van der Waals surface area contributed by atoms with Crippen molar-refractivity contribution in [2.75, 3.05) is 5.32 Å². The van der Waals surface area contributed by atoms with Crippen LogP contribution < -0.4 is 10.9 Å². The van der Waals surface area contributed by atoms with Crippen molar-refractivity contribution in [2.24, 2.45) is 11.8 Å². The average molecular weight is 300 g/mol. The summed E-state index contributed by atoms with van der Waals surface area (Å²) in [5.74, 6) is 1.11. The Morgan fingerprint density at radius 1 is 1.65 bits per heavy atom. The third kappa shape index (κ3) is 2.89. The molecule has 2 unspecified atom stereocenters. The minimum Gasteiger partial charge on any atom is -0.380 e. The summed E-state index contributed by atoms with van der Waals surface area (Å²) in [4.78, 5) is 12.0. The van der Waals surface area contributed by atoms with Crippen LogP contribution in [-0.2, 0) is 6.54 Å². The third-order valence-corrected chi connectivity index (χ3v) is 3.74. The zero-order valence-corrected chi connectivity index (χ0v) is 12.0. The molecule has 0 aliphatic heterocycles. The van der Waals surface area contributed by atoms with E-state index in [4.69, 9.17) is 0 Å². The van der Waals surface area contributed by atoms with Crippen LogP contribution in [0.1, 0.15) is 27.2 Å². The highest BCUT2D eigenvalue weighted by Crippen LogP contribution is 2.33. The van der Waals surface area contributed by atoms with E-state index in [0.717, 1.165) is 5.69 Å². The van der Waals surface area contributed by atoms with Crippen LogP contribution in [0.5, 0.6) is 0 Å². The molecule has 1 aliphatic rings. The lowest BCUT2D eigenvalue weighted by Crippen LogP contribution is -2.26. The Bertz CT molecular complexity index is 469. The minimum atomic E-state index is -0.0583. The van der Waals surface area contributed by atoms with E-state index in [0.29, 0.717) is 28.9 Å². The topological polar surface area (TPSA) is 46.9 Å². The smallest absolute Gasteiger partial charge is 0.283 e. The largest absolute Gasteiger partial charge is 0.380 e. The molecule has 0 aromatic carbocycles. The standard InChI is InChI=1S/C12H18BrN3O/c1-7(2)6-16-12(17)11(13)10(5-14-16)15-9-4-8(9)3/h5,7-9,15H,4,6H2,1-3H3. The predicted octanol–water partition coefficient (Wildman–Crippen LogP) is 2.48. The van der Waals surface area contributed by atoms with E-state index < -0.39 is 0 Å². The van der Waals surface area contributed by atoms with Crippen molar-refractivity contribution in [1.82, 2.24) is 9.78 Å². The maximum Gasteiger partial charge on any atom is 0.283 e. The van der Waals surface area contributed by atoms with Gasteiger partial charge in [0.15, 0.2) is 0 Å². The molecular weight excluding hydrogens is 282 g/mol. The minimum absolute atomic E-state index is 0.0583. The van der Waals surface area contributed by atoms with Crippen LogP contribution in [0.15, 0.2) is 15.5 Å². The van der Waals surface area contributed by atoms with Crippen LogP contribution in [0.4, 0.5) is 5.69 Å². The van der Waals surface area contributed by atoms with E-state index in [1.807, 2.05) is 0 Å². The van der Waals surface area contributed by atoms with E-state index >= 15 is 0 Å². The molecule has 1 N–H and O–H groups in total. The Morgan fingerprint density at radius 3 is 2.82 bits per heavy atom. The summed E-state index contributed by atoms with van der Waals surface area (Å²) < 4.78 is 2.10. The molecular formula is C12H18BrN3O. The van der Waals surface area contributed by atoms with E-state index in [9.17, 15) is 4.79 Å². The number of halogens is 1. The van der Waals surface area contributed by atoms with E-state index in [2.05, 4.69) is 47.1 Å². The van der Waals surface area contributed by atoms with Crippen LogP contribution in [0.2, 0.25) is 0 Å². The van der Waals surface area contributed by atoms with Gasteiger partial charge in [-0.15, -0.1) is 0 Å². The van der Waals surface area contributed by atoms with Gasteiger partial charge in [0.05, 0.1) is 11.9 Å². The first-order valence-electron chi connectivity index (χ1n) is 6.01. The van der Waals surface area contributed by atoms with Crippen molar-refractivity contribution in [3.8, 4) is 0 Å². The van der Waals surface area contributed by atoms with Gasteiger partial charge in [-0.1, -0.05) is 20.8 Å². The summed E-state index contributed by atoms with van der Waals surface area (Å²) >= 11 is 3.36. The molecule has 94 valence electrons. The Morgan fingerprint density at radius 2 is 2.29 bits per heavy atom. The number of nitrogens with one attached hydrogen (secondary N) is 1. The summed E-state index contributed by atoms with van der Waals surface area (Å²) in [6.45, 7) is 6.98. The van der Waals surface area contributed by atoms with Crippen LogP contribution in [0.25, 0.3) is 0 Å². The van der Waals surface area contributed by atoms with E-state index in [1.165, 1.54) is 11.1 Å². The second kappa shape index (κ2) is 4.80. The summed E-state index contributed by atoms with van der Waals surface area (Å²) in [5, 5.41) is 7.53. The third-order valence-electron chi connectivity index (χ3n) is 2.97. The molecule has 0 saturated heterocycles. The highest BCUT2D eigenvalue weighted by atomic mass is 79.9. The summed E-state index contributed by atoms with van der Waals surface area (Å²) in [6, 6.07) is 0.494. The first-order valence-corrected chi connectivity index (χ1v) is 6.80. The maximum atomic E-state index is 12.0. The molecule has 1 aliphatic carbocycles. The van der Waals surface area contributed by atoms with Gasteiger partial charge >= 0.3 is 0 Å². The average Bonchev–Trinajstić information content (AvgIpc) is 2.94. The molecule has 1 aromatic heterocycles. The second-order valence-electron chi connectivity index (χ2n) is 5.22. The van der Waals surface area contributed by atoms with Gasteiger partial charge in [0, 0.05) is 12.6 Å². The molecule has 0 amide bonds. The van der Waals surface area contributed by atoms with Crippen molar-refractivity contribution in [1.29, 1.82) is 0 Å². The van der Waals surface area contributed by atoms with Gasteiger partial charge in [-0.3, -0.25) is 4.79 Å². The van der Waals surface area contributed by atoms with Crippen LogP contribution in [0, 0.1) is 11.8 Å². The second-order valence-corrected chi connectivity index (χ2v) is 6.01. The highest BCUT2D eigenvalue weighted by molar-refractivity contribution is 9.10. The van der Waals surface area contributed by atoms with Crippen molar-refractivity contribution < 1.29 is 0 Å². The molecule has 2 rings (SSSR count). The molecule has 5 heteroatoms. The van der Waals surface area contributed by atoms with Gasteiger partial charge < -0.3 is 5.32 Å². The fourth-order valence-electron chi connectivity index (χ4n) is 1.76. The number of anilines is 1. The molecule has 1 saturated carbocycles. The van der Waals surface area contributed by atoms with Crippen molar-refractivity contribution in [3.05, 3.63) is 21.0 Å². The zero-order chi connectivity index (χ0) is 12.6. The zero-order valence-electron chi connectivity index (χ0n) is 10.4. The van der Waals surface area contributed by atoms with Gasteiger partial charge in [-0.25, -0.2) is 4.68 Å². The summed E-state index contributed by atoms with van der Waals surface area (Å²) in [7, 11) is 0. The van der Waals surface area contributed by atoms with Crippen molar-refractivity contribution in [3.63, 3.8) is 0 Å². The Balaban J connectivity index is 2.20. The van der Waals surface area contributed by atoms with E-state index in [-0.39, 0.29) is 5.56 Å². The number of hydrogen-bond donors (Lipinski definition) is 1. The summed E-state index contributed by atoms with van der Waals surface area (Å²) in [6.07, 6.45) is 2.90. The predicted molar refractivity (Wildman–Crippen MR) is 72.2 cm³/mol. The molecule has 0 spiro atoms. The lowest BCUT2D eigenvalue weighted by atomic mass is 10.2. The van der Waals surface area contributed by atoms with Crippen LogP contribution in [-0.4, -0.2) is 15.8 Å². The number of rotatable bonds is 4. The molecule has 4 nitrogen and oxygen atoms in total. The monoisotopic (exact) mass is 299 g/mol. The molecule has 1 aromatic rings. The first kappa shape index (κ1) is 12.6. The Hall–Kier alpha value is -0.840. The van der Waals surface area contributed by atoms with Gasteiger partial charge in [-0.05, 0) is 34.2 Å². The molecule has 17 heavy (non-hydrogen) atoms. The lowest BCUT2D eigenvalue weighted by Gasteiger charge is -2.11. The molecule has 1 heterocycles. The first-order chi connectivity index (χ1) is 7.99. The molecule has 2 atom stereocenters. The normalized spacial score (nSPS) is 22.9. The van der Waals surface area contributed by atoms with Gasteiger partial charge in [0.1, 0.15) is 4.47 Å². The Kier molecular flexibility index (Phi) is 3.56. The van der Waals surface area contributed by atoms with Crippen molar-refractivity contribution in [2.45, 2.75) is 39.8 Å². The van der Waals surface area contributed by atoms with Crippen LogP contribution >= 0.6 is 15.9 Å². The van der Waals surface area contributed by atoms with Gasteiger partial charge in [0.2, 0.25) is 0 Å². The number of aromatic nitrogens is 2. The number of nitrogens with zero attached hydrogens (tertiary/aromatic N) is 2. The lowest BCUT2D eigenvalue weighted by molar-refractivity contribution is 0.462. The SMILES string of the molecule is CC(C)Cn1ncc(NC2CC2C)c(Br)c1=O. The van der Waals surface area contributed by atoms with E-state index in [1.54, 1.807) is 6.20 Å². The molecule has 0 radical (unpaired) electrons. The number of hydrogen-bond acceptors (Lipinski definition) is 3. The van der Waals surface area contributed by atoms with Crippen molar-refractivity contribution >= 4 is 21.6 Å². The molecule has 1 fully saturated rings. The van der Waals surface area contributed by atoms with Gasteiger partial charge in [0.25, 0.3) is 5.56 Å². The Labute approximate surface area is 110 Å². The van der Waals surface area contributed by atoms with Gasteiger partial charge in [-0.2, -0.15) is 5.10 Å². The maximum absolute atomic E-state index is 12.0. The quantitative estimate of drug-likeness (QED) is 0.929.